The molecule has 24 heavy (non-hydrogen) atoms. The molecule has 0 N–H and O–H groups in total. The molecule has 0 aliphatic rings. The highest BCUT2D eigenvalue weighted by atomic mass is 15.3. The van der Waals surface area contributed by atoms with Gasteiger partial charge in [0, 0.05) is 34.8 Å². The monoisotopic (exact) mass is 311 g/mol. The smallest absolute Gasteiger partial charge is 0.182 e. The van der Waals surface area contributed by atoms with Crippen LogP contribution in [0.1, 0.15) is 11.3 Å². The van der Waals surface area contributed by atoms with E-state index in [2.05, 4.69) is 21.1 Å². The Labute approximate surface area is 138 Å². The van der Waals surface area contributed by atoms with Gasteiger partial charge in [0.15, 0.2) is 11.5 Å². The predicted octanol–water partition coefficient (Wildman–Crippen LogP) is 3.64. The summed E-state index contributed by atoms with van der Waals surface area (Å²) < 4.78 is 1.72. The number of nitrogens with zero attached hydrogens (tertiary/aromatic N) is 5. The van der Waals surface area contributed by atoms with E-state index in [-0.39, 0.29) is 0 Å². The van der Waals surface area contributed by atoms with E-state index in [0.29, 0.717) is 17.0 Å². The molecule has 114 valence electrons. The maximum absolute atomic E-state index is 9.70. The second kappa shape index (κ2) is 5.60. The minimum absolute atomic E-state index is 0.503. The third-order valence-corrected chi connectivity index (χ3v) is 3.90. The molecule has 0 saturated carbocycles. The standard InChI is InChI=1S/C19H13N5/c1-13-10-16(15-8-5-9-21-12-15)17(11-20)19-22-18(23-24(13)19)14-6-3-2-4-7-14/h2-10,12H,1H3. The van der Waals surface area contributed by atoms with Gasteiger partial charge in [-0.2, -0.15) is 5.26 Å². The Morgan fingerprint density at radius 1 is 1.04 bits per heavy atom. The first-order valence-corrected chi connectivity index (χ1v) is 7.54. The van der Waals surface area contributed by atoms with Gasteiger partial charge in [-0.05, 0) is 19.1 Å². The summed E-state index contributed by atoms with van der Waals surface area (Å²) in [7, 11) is 0. The molecule has 0 bridgehead atoms. The van der Waals surface area contributed by atoms with Crippen LogP contribution in [-0.2, 0) is 0 Å². The van der Waals surface area contributed by atoms with Gasteiger partial charge in [-0.15, -0.1) is 5.10 Å². The molecule has 0 atom stereocenters. The first kappa shape index (κ1) is 14.1. The SMILES string of the molecule is Cc1cc(-c2cccnc2)c(C#N)c2nc(-c3ccccc3)nn12. The van der Waals surface area contributed by atoms with E-state index < -0.39 is 0 Å². The average Bonchev–Trinajstić information content (AvgIpc) is 3.09. The molecule has 0 amide bonds. The van der Waals surface area contributed by atoms with Gasteiger partial charge in [-0.1, -0.05) is 36.4 Å². The van der Waals surface area contributed by atoms with Crippen molar-refractivity contribution in [2.24, 2.45) is 0 Å². The maximum Gasteiger partial charge on any atom is 0.182 e. The van der Waals surface area contributed by atoms with Crippen molar-refractivity contribution in [3.05, 3.63) is 72.2 Å². The predicted molar refractivity (Wildman–Crippen MR) is 91.1 cm³/mol. The van der Waals surface area contributed by atoms with Crippen LogP contribution in [0, 0.1) is 18.3 Å². The highest BCUT2D eigenvalue weighted by Gasteiger charge is 2.16. The van der Waals surface area contributed by atoms with Crippen LogP contribution in [0.25, 0.3) is 28.2 Å². The van der Waals surface area contributed by atoms with Crippen LogP contribution < -0.4 is 0 Å². The van der Waals surface area contributed by atoms with Crippen molar-refractivity contribution in [2.75, 3.05) is 0 Å². The molecule has 3 heterocycles. The Morgan fingerprint density at radius 3 is 2.54 bits per heavy atom. The fraction of sp³-hybridized carbons (Fsp3) is 0.0526. The number of aryl methyl sites for hydroxylation is 1. The number of benzene rings is 1. The van der Waals surface area contributed by atoms with Crippen LogP contribution in [0.5, 0.6) is 0 Å². The summed E-state index contributed by atoms with van der Waals surface area (Å²) in [5.74, 6) is 0.610. The van der Waals surface area contributed by atoms with Gasteiger partial charge in [-0.3, -0.25) is 4.98 Å². The highest BCUT2D eigenvalue weighted by Crippen LogP contribution is 2.28. The molecule has 4 aromatic rings. The summed E-state index contributed by atoms with van der Waals surface area (Å²) in [4.78, 5) is 8.76. The van der Waals surface area contributed by atoms with Crippen LogP contribution in [-0.4, -0.2) is 19.6 Å². The van der Waals surface area contributed by atoms with Crippen molar-refractivity contribution in [2.45, 2.75) is 6.92 Å². The van der Waals surface area contributed by atoms with Crippen LogP contribution >= 0.6 is 0 Å². The molecule has 4 rings (SSSR count). The first-order chi connectivity index (χ1) is 11.8. The summed E-state index contributed by atoms with van der Waals surface area (Å²) in [5.41, 5.74) is 4.62. The van der Waals surface area contributed by atoms with E-state index >= 15 is 0 Å². The number of fused-ring (bicyclic) bond motifs is 1. The summed E-state index contributed by atoms with van der Waals surface area (Å²) in [6.45, 7) is 1.96. The van der Waals surface area contributed by atoms with Crippen LogP contribution in [0.3, 0.4) is 0 Å². The molecule has 3 aromatic heterocycles. The molecular formula is C19H13N5. The molecule has 0 aliphatic carbocycles. The van der Waals surface area contributed by atoms with Gasteiger partial charge >= 0.3 is 0 Å². The summed E-state index contributed by atoms with van der Waals surface area (Å²) in [6, 6.07) is 17.8. The zero-order chi connectivity index (χ0) is 16.5. The number of pyridine rings is 2. The van der Waals surface area contributed by atoms with Crippen molar-refractivity contribution in [3.8, 4) is 28.6 Å². The summed E-state index contributed by atoms with van der Waals surface area (Å²) in [5, 5.41) is 14.3. The Hall–Kier alpha value is -3.52. The Kier molecular flexibility index (Phi) is 3.29. The second-order valence-corrected chi connectivity index (χ2v) is 5.46. The molecule has 5 nitrogen and oxygen atoms in total. The number of hydrogen-bond donors (Lipinski definition) is 0. The van der Waals surface area contributed by atoms with E-state index in [0.717, 1.165) is 22.4 Å². The largest absolute Gasteiger partial charge is 0.264 e. The summed E-state index contributed by atoms with van der Waals surface area (Å²) >= 11 is 0. The number of hydrogen-bond acceptors (Lipinski definition) is 4. The van der Waals surface area contributed by atoms with Gasteiger partial charge in [0.25, 0.3) is 0 Å². The summed E-state index contributed by atoms with van der Waals surface area (Å²) in [6.07, 6.45) is 3.46. The fourth-order valence-corrected chi connectivity index (χ4v) is 2.75. The van der Waals surface area contributed by atoms with Gasteiger partial charge < -0.3 is 0 Å². The van der Waals surface area contributed by atoms with E-state index in [1.807, 2.05) is 55.5 Å². The Bertz CT molecular complexity index is 1060. The van der Waals surface area contributed by atoms with Crippen LogP contribution in [0.15, 0.2) is 60.9 Å². The highest BCUT2D eigenvalue weighted by molar-refractivity contribution is 5.78. The fourth-order valence-electron chi connectivity index (χ4n) is 2.75. The van der Waals surface area contributed by atoms with E-state index in [9.17, 15) is 5.26 Å². The molecule has 0 fully saturated rings. The molecule has 0 radical (unpaired) electrons. The quantitative estimate of drug-likeness (QED) is 0.567. The van der Waals surface area contributed by atoms with Gasteiger partial charge in [0.1, 0.15) is 11.6 Å². The van der Waals surface area contributed by atoms with E-state index in [1.165, 1.54) is 0 Å². The van der Waals surface area contributed by atoms with Gasteiger partial charge in [0.05, 0.1) is 0 Å². The van der Waals surface area contributed by atoms with Crippen molar-refractivity contribution in [1.29, 1.82) is 5.26 Å². The van der Waals surface area contributed by atoms with Crippen molar-refractivity contribution in [3.63, 3.8) is 0 Å². The van der Waals surface area contributed by atoms with Crippen LogP contribution in [0.4, 0.5) is 0 Å². The van der Waals surface area contributed by atoms with Crippen molar-refractivity contribution in [1.82, 2.24) is 19.6 Å². The normalized spacial score (nSPS) is 10.7. The van der Waals surface area contributed by atoms with E-state index in [4.69, 9.17) is 0 Å². The third kappa shape index (κ3) is 2.22. The first-order valence-electron chi connectivity index (χ1n) is 7.54. The maximum atomic E-state index is 9.70. The Morgan fingerprint density at radius 2 is 1.83 bits per heavy atom. The van der Waals surface area contributed by atoms with Gasteiger partial charge in [-0.25, -0.2) is 9.50 Å². The molecule has 0 saturated heterocycles. The van der Waals surface area contributed by atoms with Crippen LogP contribution in [0.2, 0.25) is 0 Å². The minimum atomic E-state index is 0.503. The Balaban J connectivity index is 2.01. The van der Waals surface area contributed by atoms with Crippen molar-refractivity contribution >= 4 is 5.65 Å². The topological polar surface area (TPSA) is 66.9 Å². The van der Waals surface area contributed by atoms with Gasteiger partial charge in [0.2, 0.25) is 0 Å². The average molecular weight is 311 g/mol. The number of nitriles is 1. The second-order valence-electron chi connectivity index (χ2n) is 5.46. The lowest BCUT2D eigenvalue weighted by Gasteiger charge is -2.07. The molecule has 1 aromatic carbocycles. The molecule has 0 aliphatic heterocycles. The zero-order valence-electron chi connectivity index (χ0n) is 13.0. The molecular weight excluding hydrogens is 298 g/mol. The lowest BCUT2D eigenvalue weighted by molar-refractivity contribution is 0.917. The lowest BCUT2D eigenvalue weighted by atomic mass is 10.0. The van der Waals surface area contributed by atoms with E-state index in [1.54, 1.807) is 16.9 Å². The third-order valence-electron chi connectivity index (χ3n) is 3.90. The van der Waals surface area contributed by atoms with Crippen molar-refractivity contribution < 1.29 is 0 Å². The number of aromatic nitrogens is 4. The zero-order valence-corrected chi connectivity index (χ0v) is 13.0. The number of rotatable bonds is 2. The molecule has 0 unspecified atom stereocenters. The molecule has 0 spiro atoms. The molecule has 5 heteroatoms. The lowest BCUT2D eigenvalue weighted by Crippen LogP contribution is -1.99. The minimum Gasteiger partial charge on any atom is -0.264 e.